The Morgan fingerprint density at radius 2 is 2.15 bits per heavy atom. The van der Waals surface area contributed by atoms with E-state index in [-0.39, 0.29) is 12.5 Å². The van der Waals surface area contributed by atoms with Gasteiger partial charge < -0.3 is 15.6 Å². The van der Waals surface area contributed by atoms with Gasteiger partial charge in [0.05, 0.1) is 6.10 Å². The van der Waals surface area contributed by atoms with Crippen LogP contribution < -0.4 is 5.73 Å². The van der Waals surface area contributed by atoms with E-state index in [0.29, 0.717) is 12.8 Å². The molecule has 1 amide bonds. The van der Waals surface area contributed by atoms with Crippen molar-refractivity contribution < 1.29 is 19.4 Å². The van der Waals surface area contributed by atoms with Crippen LogP contribution in [0.15, 0.2) is 0 Å². The van der Waals surface area contributed by atoms with Crippen molar-refractivity contribution in [2.75, 3.05) is 0 Å². The van der Waals surface area contributed by atoms with E-state index in [1.54, 1.807) is 0 Å². The van der Waals surface area contributed by atoms with Gasteiger partial charge in [-0.25, -0.2) is 0 Å². The monoisotopic (exact) mass is 187 g/mol. The molecule has 0 saturated carbocycles. The van der Waals surface area contributed by atoms with Gasteiger partial charge in [-0.3, -0.25) is 9.59 Å². The third kappa shape index (κ3) is 3.02. The minimum atomic E-state index is -0.842. The number of amides is 1. The van der Waals surface area contributed by atoms with Crippen LogP contribution in [0.2, 0.25) is 0 Å². The first-order chi connectivity index (χ1) is 6.09. The Bertz CT molecular complexity index is 216. The lowest BCUT2D eigenvalue weighted by molar-refractivity contribution is -0.138. The molecule has 5 nitrogen and oxygen atoms in total. The molecule has 2 unspecified atom stereocenters. The summed E-state index contributed by atoms with van der Waals surface area (Å²) in [6.45, 7) is 0. The molecule has 0 aromatic heterocycles. The molecule has 1 heterocycles. The Balaban J connectivity index is 2.25. The maximum atomic E-state index is 10.7. The average molecular weight is 187 g/mol. The Hall–Kier alpha value is -1.10. The summed E-state index contributed by atoms with van der Waals surface area (Å²) in [6, 6.07) is 0. The van der Waals surface area contributed by atoms with Gasteiger partial charge in [0.2, 0.25) is 5.91 Å². The van der Waals surface area contributed by atoms with Crippen LogP contribution in [0.25, 0.3) is 0 Å². The van der Waals surface area contributed by atoms with Crippen molar-refractivity contribution in [3.8, 4) is 0 Å². The van der Waals surface area contributed by atoms with Crippen molar-refractivity contribution in [1.29, 1.82) is 0 Å². The van der Waals surface area contributed by atoms with Gasteiger partial charge in [0.15, 0.2) is 0 Å². The van der Waals surface area contributed by atoms with Gasteiger partial charge in [-0.05, 0) is 19.3 Å². The molecule has 5 heteroatoms. The summed E-state index contributed by atoms with van der Waals surface area (Å²) in [4.78, 5) is 20.9. The highest BCUT2D eigenvalue weighted by molar-refractivity contribution is 5.79. The van der Waals surface area contributed by atoms with E-state index in [1.165, 1.54) is 0 Å². The third-order valence-corrected chi connectivity index (χ3v) is 2.11. The first-order valence-electron chi connectivity index (χ1n) is 4.26. The molecule has 1 rings (SSSR count). The van der Waals surface area contributed by atoms with Crippen LogP contribution in [0.1, 0.15) is 25.7 Å². The number of ether oxygens (including phenoxy) is 1. The molecule has 1 aliphatic rings. The van der Waals surface area contributed by atoms with Crippen LogP contribution in [-0.2, 0) is 14.3 Å². The standard InChI is InChI=1S/C8H13NO4/c9-8(12)6-3-1-5(13-6)2-4-7(10)11/h5-6H,1-4H2,(H2,9,12)(H,10,11). The largest absolute Gasteiger partial charge is 0.481 e. The topological polar surface area (TPSA) is 89.6 Å². The van der Waals surface area contributed by atoms with Crippen molar-refractivity contribution in [1.82, 2.24) is 0 Å². The van der Waals surface area contributed by atoms with E-state index in [9.17, 15) is 9.59 Å². The van der Waals surface area contributed by atoms with Crippen LogP contribution in [0, 0.1) is 0 Å². The highest BCUT2D eigenvalue weighted by atomic mass is 16.5. The summed E-state index contributed by atoms with van der Waals surface area (Å²) in [7, 11) is 0. The molecule has 1 fully saturated rings. The Kier molecular flexibility index (Phi) is 3.25. The predicted octanol–water partition coefficient (Wildman–Crippen LogP) is -0.116. The highest BCUT2D eigenvalue weighted by Gasteiger charge is 2.28. The summed E-state index contributed by atoms with van der Waals surface area (Å²) >= 11 is 0. The normalized spacial score (nSPS) is 27.4. The minimum absolute atomic E-state index is 0.0795. The van der Waals surface area contributed by atoms with E-state index in [2.05, 4.69) is 0 Å². The number of rotatable bonds is 4. The molecule has 13 heavy (non-hydrogen) atoms. The molecule has 1 saturated heterocycles. The zero-order chi connectivity index (χ0) is 9.84. The van der Waals surface area contributed by atoms with Gasteiger partial charge in [-0.1, -0.05) is 0 Å². The smallest absolute Gasteiger partial charge is 0.303 e. The van der Waals surface area contributed by atoms with Crippen LogP contribution in [0.3, 0.4) is 0 Å². The molecule has 0 bridgehead atoms. The number of carboxylic acids is 1. The van der Waals surface area contributed by atoms with Crippen LogP contribution in [-0.4, -0.2) is 29.2 Å². The fraction of sp³-hybridized carbons (Fsp3) is 0.750. The summed E-state index contributed by atoms with van der Waals surface area (Å²) < 4.78 is 5.24. The Morgan fingerprint density at radius 3 is 2.62 bits per heavy atom. The Labute approximate surface area is 75.9 Å². The van der Waals surface area contributed by atoms with Gasteiger partial charge in [-0.2, -0.15) is 0 Å². The number of aliphatic carboxylic acids is 1. The van der Waals surface area contributed by atoms with Gasteiger partial charge in [-0.15, -0.1) is 0 Å². The second kappa shape index (κ2) is 4.23. The van der Waals surface area contributed by atoms with Gasteiger partial charge in [0.25, 0.3) is 0 Å². The summed E-state index contributed by atoms with van der Waals surface area (Å²) in [6.07, 6.45) is 1.24. The molecular weight excluding hydrogens is 174 g/mol. The number of nitrogens with two attached hydrogens (primary N) is 1. The van der Waals surface area contributed by atoms with Crippen molar-refractivity contribution in [2.45, 2.75) is 37.9 Å². The van der Waals surface area contributed by atoms with Crippen LogP contribution in [0.4, 0.5) is 0 Å². The summed E-state index contributed by atoms with van der Waals surface area (Å²) in [5, 5.41) is 8.40. The molecule has 0 aliphatic carbocycles. The number of hydrogen-bond donors (Lipinski definition) is 2. The SMILES string of the molecule is NC(=O)C1CCC(CCC(=O)O)O1. The van der Waals surface area contributed by atoms with Crippen LogP contribution >= 0.6 is 0 Å². The summed E-state index contributed by atoms with van der Waals surface area (Å²) in [5.41, 5.74) is 5.04. The van der Waals surface area contributed by atoms with E-state index < -0.39 is 18.0 Å². The fourth-order valence-corrected chi connectivity index (χ4v) is 1.41. The second-order valence-electron chi connectivity index (χ2n) is 3.16. The molecule has 0 spiro atoms. The molecule has 2 atom stereocenters. The van der Waals surface area contributed by atoms with Crippen LogP contribution in [0.5, 0.6) is 0 Å². The van der Waals surface area contributed by atoms with Crippen molar-refractivity contribution in [3.63, 3.8) is 0 Å². The molecule has 1 aliphatic heterocycles. The second-order valence-corrected chi connectivity index (χ2v) is 3.16. The van der Waals surface area contributed by atoms with Gasteiger partial charge in [0.1, 0.15) is 6.10 Å². The fourth-order valence-electron chi connectivity index (χ4n) is 1.41. The number of carbonyl (C=O) groups is 2. The minimum Gasteiger partial charge on any atom is -0.481 e. The van der Waals surface area contributed by atoms with Crippen molar-refractivity contribution >= 4 is 11.9 Å². The number of primary amides is 1. The quantitative estimate of drug-likeness (QED) is 0.642. The maximum absolute atomic E-state index is 10.7. The zero-order valence-electron chi connectivity index (χ0n) is 7.23. The highest BCUT2D eigenvalue weighted by Crippen LogP contribution is 2.22. The lowest BCUT2D eigenvalue weighted by atomic mass is 10.1. The number of carbonyl (C=O) groups excluding carboxylic acids is 1. The molecule has 0 aromatic carbocycles. The maximum Gasteiger partial charge on any atom is 0.303 e. The molecule has 74 valence electrons. The molecular formula is C8H13NO4. The third-order valence-electron chi connectivity index (χ3n) is 2.11. The first-order valence-corrected chi connectivity index (χ1v) is 4.26. The van der Waals surface area contributed by atoms with E-state index in [0.717, 1.165) is 6.42 Å². The summed E-state index contributed by atoms with van der Waals surface area (Å²) in [5.74, 6) is -1.30. The number of hydrogen-bond acceptors (Lipinski definition) is 3. The predicted molar refractivity (Wildman–Crippen MR) is 44.0 cm³/mol. The van der Waals surface area contributed by atoms with Crippen molar-refractivity contribution in [2.24, 2.45) is 5.73 Å². The first kappa shape index (κ1) is 9.98. The van der Waals surface area contributed by atoms with E-state index in [4.69, 9.17) is 15.6 Å². The zero-order valence-corrected chi connectivity index (χ0v) is 7.23. The van der Waals surface area contributed by atoms with Gasteiger partial charge in [0, 0.05) is 6.42 Å². The van der Waals surface area contributed by atoms with E-state index >= 15 is 0 Å². The Morgan fingerprint density at radius 1 is 1.46 bits per heavy atom. The molecule has 3 N–H and O–H groups in total. The number of carboxylic acid groups (broad SMARTS) is 1. The van der Waals surface area contributed by atoms with E-state index in [1.807, 2.05) is 0 Å². The lowest BCUT2D eigenvalue weighted by Gasteiger charge is -2.09. The molecule has 0 radical (unpaired) electrons. The van der Waals surface area contributed by atoms with Gasteiger partial charge >= 0.3 is 5.97 Å². The lowest BCUT2D eigenvalue weighted by Crippen LogP contribution is -2.28. The molecule has 0 aromatic rings. The van der Waals surface area contributed by atoms with Crippen molar-refractivity contribution in [3.05, 3.63) is 0 Å². The average Bonchev–Trinajstić information content (AvgIpc) is 2.48.